The van der Waals surface area contributed by atoms with Crippen molar-refractivity contribution in [1.82, 2.24) is 15.1 Å². The molecule has 1 heterocycles. The molecule has 1 aromatic heterocycles. The summed E-state index contributed by atoms with van der Waals surface area (Å²) in [5.41, 5.74) is 1.41. The molecule has 0 atom stereocenters. The zero-order valence-electron chi connectivity index (χ0n) is 14.2. The van der Waals surface area contributed by atoms with Gasteiger partial charge < -0.3 is 9.15 Å². The fraction of sp³-hybridized carbons (Fsp3) is 0.222. The minimum absolute atomic E-state index is 0.119. The first-order valence-corrected chi connectivity index (χ1v) is 8.66. The zero-order chi connectivity index (χ0) is 19.4. The summed E-state index contributed by atoms with van der Waals surface area (Å²) in [6, 6.07) is 11.5. The Labute approximate surface area is 164 Å². The second kappa shape index (κ2) is 8.65. The summed E-state index contributed by atoms with van der Waals surface area (Å²) >= 11 is 12.0. The molecule has 0 saturated carbocycles. The average Bonchev–Trinajstić information content (AvgIpc) is 3.02. The van der Waals surface area contributed by atoms with Crippen LogP contribution in [0, 0.1) is 0 Å². The summed E-state index contributed by atoms with van der Waals surface area (Å²) in [7, 11) is 1.85. The maximum absolute atomic E-state index is 12.3. The van der Waals surface area contributed by atoms with Crippen LogP contribution in [0.3, 0.4) is 0 Å². The van der Waals surface area contributed by atoms with E-state index in [1.54, 1.807) is 30.3 Å². The van der Waals surface area contributed by atoms with Gasteiger partial charge in [0.25, 0.3) is 0 Å². The van der Waals surface area contributed by atoms with E-state index in [2.05, 4.69) is 14.9 Å². The third-order valence-electron chi connectivity index (χ3n) is 3.61. The Morgan fingerprint density at radius 1 is 1.11 bits per heavy atom. The topological polar surface area (TPSA) is 51.4 Å². The smallest absolute Gasteiger partial charge is 0.387 e. The number of rotatable bonds is 7. The van der Waals surface area contributed by atoms with Crippen LogP contribution in [0.1, 0.15) is 11.5 Å². The van der Waals surface area contributed by atoms with E-state index in [0.29, 0.717) is 40.5 Å². The van der Waals surface area contributed by atoms with Crippen molar-refractivity contribution in [3.8, 4) is 17.2 Å². The van der Waals surface area contributed by atoms with E-state index < -0.39 is 6.61 Å². The van der Waals surface area contributed by atoms with Gasteiger partial charge in [-0.2, -0.15) is 8.78 Å². The SMILES string of the molecule is CN(Cc1cccc(OC(F)F)c1)Cc1nnc(-c2ccc(Cl)cc2Cl)o1. The van der Waals surface area contributed by atoms with Crippen LogP contribution in [-0.2, 0) is 13.1 Å². The van der Waals surface area contributed by atoms with E-state index in [0.717, 1.165) is 5.56 Å². The van der Waals surface area contributed by atoms with E-state index in [4.69, 9.17) is 27.6 Å². The van der Waals surface area contributed by atoms with E-state index in [-0.39, 0.29) is 5.75 Å². The lowest BCUT2D eigenvalue weighted by molar-refractivity contribution is -0.0499. The lowest BCUT2D eigenvalue weighted by Crippen LogP contribution is -2.17. The number of ether oxygens (including phenoxy) is 1. The summed E-state index contributed by atoms with van der Waals surface area (Å²) in [6.45, 7) is -1.99. The molecule has 0 radical (unpaired) electrons. The van der Waals surface area contributed by atoms with E-state index in [1.165, 1.54) is 6.07 Å². The van der Waals surface area contributed by atoms with Crippen molar-refractivity contribution < 1.29 is 17.9 Å². The highest BCUT2D eigenvalue weighted by molar-refractivity contribution is 6.36. The minimum atomic E-state index is -2.85. The molecule has 0 aliphatic carbocycles. The van der Waals surface area contributed by atoms with Crippen LogP contribution >= 0.6 is 23.2 Å². The average molecular weight is 414 g/mol. The Kier molecular flexibility index (Phi) is 6.26. The predicted octanol–water partition coefficient (Wildman–Crippen LogP) is 5.28. The number of hydrogen-bond donors (Lipinski definition) is 0. The van der Waals surface area contributed by atoms with Gasteiger partial charge in [-0.1, -0.05) is 35.3 Å². The first-order valence-electron chi connectivity index (χ1n) is 7.91. The van der Waals surface area contributed by atoms with Crippen LogP contribution in [0.4, 0.5) is 8.78 Å². The monoisotopic (exact) mass is 413 g/mol. The van der Waals surface area contributed by atoms with Crippen LogP contribution in [0.2, 0.25) is 10.0 Å². The molecule has 0 aliphatic heterocycles. The van der Waals surface area contributed by atoms with Gasteiger partial charge in [0, 0.05) is 11.6 Å². The zero-order valence-corrected chi connectivity index (χ0v) is 15.7. The van der Waals surface area contributed by atoms with E-state index >= 15 is 0 Å². The molecule has 0 aliphatic rings. The van der Waals surface area contributed by atoms with Crippen molar-refractivity contribution in [2.24, 2.45) is 0 Å². The summed E-state index contributed by atoms with van der Waals surface area (Å²) in [4.78, 5) is 1.91. The number of hydrogen-bond acceptors (Lipinski definition) is 5. The molecule has 3 rings (SSSR count). The third kappa shape index (κ3) is 5.38. The van der Waals surface area contributed by atoms with Gasteiger partial charge in [0.2, 0.25) is 11.8 Å². The molecule has 0 spiro atoms. The van der Waals surface area contributed by atoms with Crippen molar-refractivity contribution in [1.29, 1.82) is 0 Å². The summed E-state index contributed by atoms with van der Waals surface area (Å²) < 4.78 is 34.7. The van der Waals surface area contributed by atoms with Crippen molar-refractivity contribution in [3.63, 3.8) is 0 Å². The van der Waals surface area contributed by atoms with Gasteiger partial charge in [-0.3, -0.25) is 4.90 Å². The van der Waals surface area contributed by atoms with Gasteiger partial charge in [-0.15, -0.1) is 10.2 Å². The molecule has 0 N–H and O–H groups in total. The molecule has 5 nitrogen and oxygen atoms in total. The van der Waals surface area contributed by atoms with Crippen molar-refractivity contribution >= 4 is 23.2 Å². The van der Waals surface area contributed by atoms with Crippen molar-refractivity contribution in [3.05, 3.63) is 64.0 Å². The molecule has 3 aromatic rings. The first kappa shape index (κ1) is 19.5. The Bertz CT molecular complexity index is 921. The largest absolute Gasteiger partial charge is 0.435 e. The fourth-order valence-corrected chi connectivity index (χ4v) is 3.00. The molecule has 27 heavy (non-hydrogen) atoms. The molecular formula is C18H15Cl2F2N3O2. The summed E-state index contributed by atoms with van der Waals surface area (Å²) in [5, 5.41) is 8.96. The highest BCUT2D eigenvalue weighted by atomic mass is 35.5. The van der Waals surface area contributed by atoms with Gasteiger partial charge in [0.15, 0.2) is 0 Å². The Morgan fingerprint density at radius 2 is 1.93 bits per heavy atom. The number of alkyl halides is 2. The summed E-state index contributed by atoms with van der Waals surface area (Å²) in [5.74, 6) is 0.819. The number of halogens is 4. The quantitative estimate of drug-likeness (QED) is 0.527. The van der Waals surface area contributed by atoms with Gasteiger partial charge in [-0.25, -0.2) is 0 Å². The predicted molar refractivity (Wildman–Crippen MR) is 98.0 cm³/mol. The number of benzene rings is 2. The molecular weight excluding hydrogens is 399 g/mol. The van der Waals surface area contributed by atoms with E-state index in [9.17, 15) is 8.78 Å². The van der Waals surface area contributed by atoms with Crippen molar-refractivity contribution in [2.45, 2.75) is 19.7 Å². The van der Waals surface area contributed by atoms with Gasteiger partial charge in [-0.05, 0) is 42.9 Å². The van der Waals surface area contributed by atoms with Crippen LogP contribution in [-0.4, -0.2) is 28.8 Å². The number of aromatic nitrogens is 2. The minimum Gasteiger partial charge on any atom is -0.435 e. The molecule has 142 valence electrons. The third-order valence-corrected chi connectivity index (χ3v) is 4.16. The highest BCUT2D eigenvalue weighted by Crippen LogP contribution is 2.29. The maximum Gasteiger partial charge on any atom is 0.387 e. The molecule has 0 unspecified atom stereocenters. The Hall–Kier alpha value is -2.22. The molecule has 2 aromatic carbocycles. The Balaban J connectivity index is 1.65. The lowest BCUT2D eigenvalue weighted by Gasteiger charge is -2.15. The summed E-state index contributed by atoms with van der Waals surface area (Å²) in [6.07, 6.45) is 0. The van der Waals surface area contributed by atoms with Crippen LogP contribution in [0.5, 0.6) is 5.75 Å². The first-order chi connectivity index (χ1) is 12.9. The molecule has 0 bridgehead atoms. The van der Waals surface area contributed by atoms with E-state index in [1.807, 2.05) is 18.0 Å². The molecule has 9 heteroatoms. The lowest BCUT2D eigenvalue weighted by atomic mass is 10.2. The second-order valence-corrected chi connectivity index (χ2v) is 6.67. The number of nitrogens with zero attached hydrogens (tertiary/aromatic N) is 3. The molecule has 0 amide bonds. The normalized spacial score (nSPS) is 11.4. The second-order valence-electron chi connectivity index (χ2n) is 5.82. The standard InChI is InChI=1S/C18H15Cl2F2N3O2/c1-25(9-11-3-2-4-13(7-11)26-18(21)22)10-16-23-24-17(27-16)14-6-5-12(19)8-15(14)20/h2-8,18H,9-10H2,1H3. The maximum atomic E-state index is 12.3. The van der Waals surface area contributed by atoms with Gasteiger partial charge >= 0.3 is 6.61 Å². The van der Waals surface area contributed by atoms with Gasteiger partial charge in [0.1, 0.15) is 5.75 Å². The van der Waals surface area contributed by atoms with Crippen LogP contribution in [0.25, 0.3) is 11.5 Å². The molecule has 0 saturated heterocycles. The van der Waals surface area contributed by atoms with Crippen LogP contribution < -0.4 is 4.74 Å². The molecule has 0 fully saturated rings. The Morgan fingerprint density at radius 3 is 2.67 bits per heavy atom. The highest BCUT2D eigenvalue weighted by Gasteiger charge is 2.14. The van der Waals surface area contributed by atoms with Crippen LogP contribution in [0.15, 0.2) is 46.9 Å². The van der Waals surface area contributed by atoms with Crippen molar-refractivity contribution in [2.75, 3.05) is 7.05 Å². The fourth-order valence-electron chi connectivity index (χ4n) is 2.51. The van der Waals surface area contributed by atoms with Gasteiger partial charge in [0.05, 0.1) is 17.1 Å².